The lowest BCUT2D eigenvalue weighted by atomic mass is 10.1. The third-order valence-corrected chi connectivity index (χ3v) is 4.67. The van der Waals surface area contributed by atoms with Gasteiger partial charge in [-0.3, -0.25) is 9.69 Å². The van der Waals surface area contributed by atoms with E-state index in [1.807, 2.05) is 0 Å². The molecule has 1 amide bonds. The fraction of sp³-hybridized carbons (Fsp3) is 0.933. The molecule has 23 heavy (non-hydrogen) atoms. The summed E-state index contributed by atoms with van der Waals surface area (Å²) in [5, 5.41) is 6.47. The average molecular weight is 392 g/mol. The molecule has 140 valence electrons. The van der Waals surface area contributed by atoms with E-state index < -0.39 is 0 Å². The van der Waals surface area contributed by atoms with Crippen molar-refractivity contribution in [2.24, 2.45) is 0 Å². The standard InChI is InChI=1S/C15H30N4O.3ClH/c1-3-18-7-9-19(10-8-18)13(2)12-17-15(20)11-14-5-4-6-16-14;;;/h13-14,16H,3-12H2,1-2H3,(H,17,20);3*1H. The lowest BCUT2D eigenvalue weighted by Crippen LogP contribution is -2.52. The Morgan fingerprint density at radius 1 is 1.22 bits per heavy atom. The second kappa shape index (κ2) is 13.5. The molecule has 0 aliphatic carbocycles. The molecular weight excluding hydrogens is 359 g/mol. The molecule has 2 fully saturated rings. The van der Waals surface area contributed by atoms with E-state index in [-0.39, 0.29) is 43.1 Å². The number of carbonyl (C=O) groups is 1. The molecule has 0 bridgehead atoms. The molecule has 2 N–H and O–H groups in total. The van der Waals surface area contributed by atoms with E-state index >= 15 is 0 Å². The zero-order valence-corrected chi connectivity index (χ0v) is 16.7. The predicted octanol–water partition coefficient (Wildman–Crippen LogP) is 1.54. The van der Waals surface area contributed by atoms with Crippen LogP contribution >= 0.6 is 37.2 Å². The maximum atomic E-state index is 11.9. The molecule has 0 radical (unpaired) electrons. The summed E-state index contributed by atoms with van der Waals surface area (Å²) in [7, 11) is 0. The minimum absolute atomic E-state index is 0. The van der Waals surface area contributed by atoms with Crippen molar-refractivity contribution < 1.29 is 4.79 Å². The highest BCUT2D eigenvalue weighted by Crippen LogP contribution is 2.09. The summed E-state index contributed by atoms with van der Waals surface area (Å²) in [6.45, 7) is 12.0. The minimum Gasteiger partial charge on any atom is -0.354 e. The second-order valence-electron chi connectivity index (χ2n) is 6.12. The van der Waals surface area contributed by atoms with Crippen LogP contribution in [-0.4, -0.2) is 73.6 Å². The van der Waals surface area contributed by atoms with E-state index in [1.165, 1.54) is 6.42 Å². The molecule has 2 rings (SSSR count). The van der Waals surface area contributed by atoms with E-state index in [9.17, 15) is 4.79 Å². The Kier molecular flexibility index (Phi) is 14.9. The van der Waals surface area contributed by atoms with Crippen LogP contribution in [-0.2, 0) is 4.79 Å². The van der Waals surface area contributed by atoms with Crippen LogP contribution in [0, 0.1) is 0 Å². The number of rotatable bonds is 6. The summed E-state index contributed by atoms with van der Waals surface area (Å²) in [5.74, 6) is 0.198. The summed E-state index contributed by atoms with van der Waals surface area (Å²) in [6, 6.07) is 0.841. The van der Waals surface area contributed by atoms with Crippen molar-refractivity contribution in [2.45, 2.75) is 45.2 Å². The Morgan fingerprint density at radius 3 is 2.39 bits per heavy atom. The van der Waals surface area contributed by atoms with Crippen molar-refractivity contribution >= 4 is 43.1 Å². The molecule has 2 saturated heterocycles. The Hall–Kier alpha value is 0.220. The summed E-state index contributed by atoms with van der Waals surface area (Å²) in [6.07, 6.45) is 2.98. The molecule has 5 nitrogen and oxygen atoms in total. The Morgan fingerprint density at radius 2 is 1.87 bits per heavy atom. The normalized spacial score (nSPS) is 23.1. The van der Waals surface area contributed by atoms with Crippen molar-refractivity contribution in [3.05, 3.63) is 0 Å². The summed E-state index contributed by atoms with van der Waals surface area (Å²) in [4.78, 5) is 16.9. The highest BCUT2D eigenvalue weighted by Gasteiger charge is 2.21. The van der Waals surface area contributed by atoms with Crippen LogP contribution in [0.15, 0.2) is 0 Å². The molecular formula is C15H33Cl3N4O. The molecule has 2 atom stereocenters. The number of nitrogens with zero attached hydrogens (tertiary/aromatic N) is 2. The van der Waals surface area contributed by atoms with E-state index in [4.69, 9.17) is 0 Å². The van der Waals surface area contributed by atoms with Gasteiger partial charge >= 0.3 is 0 Å². The van der Waals surface area contributed by atoms with Crippen molar-refractivity contribution in [2.75, 3.05) is 45.8 Å². The lowest BCUT2D eigenvalue weighted by molar-refractivity contribution is -0.121. The summed E-state index contributed by atoms with van der Waals surface area (Å²) >= 11 is 0. The Balaban J connectivity index is 0. The quantitative estimate of drug-likeness (QED) is 0.721. The minimum atomic E-state index is 0. The topological polar surface area (TPSA) is 47.6 Å². The van der Waals surface area contributed by atoms with Crippen LogP contribution in [0.25, 0.3) is 0 Å². The fourth-order valence-electron chi connectivity index (χ4n) is 3.14. The molecule has 2 heterocycles. The van der Waals surface area contributed by atoms with Gasteiger partial charge in [0.1, 0.15) is 0 Å². The van der Waals surface area contributed by atoms with Gasteiger partial charge in [-0.05, 0) is 32.9 Å². The molecule has 0 aromatic rings. The highest BCUT2D eigenvalue weighted by atomic mass is 35.5. The Labute approximate surface area is 159 Å². The number of nitrogens with one attached hydrogen (secondary N) is 2. The maximum absolute atomic E-state index is 11.9. The van der Waals surface area contributed by atoms with Gasteiger partial charge in [0.2, 0.25) is 5.91 Å². The zero-order valence-electron chi connectivity index (χ0n) is 14.3. The molecule has 2 unspecified atom stereocenters. The van der Waals surface area contributed by atoms with E-state index in [1.54, 1.807) is 0 Å². The van der Waals surface area contributed by atoms with Gasteiger partial charge in [0, 0.05) is 51.2 Å². The zero-order chi connectivity index (χ0) is 14.4. The first-order valence-electron chi connectivity index (χ1n) is 8.15. The van der Waals surface area contributed by atoms with Crippen molar-refractivity contribution in [3.63, 3.8) is 0 Å². The third-order valence-electron chi connectivity index (χ3n) is 4.67. The molecule has 0 saturated carbocycles. The number of hydrogen-bond donors (Lipinski definition) is 2. The van der Waals surface area contributed by atoms with E-state index in [0.717, 1.165) is 52.2 Å². The van der Waals surface area contributed by atoms with Crippen molar-refractivity contribution in [1.82, 2.24) is 20.4 Å². The van der Waals surface area contributed by atoms with Crippen molar-refractivity contribution in [1.29, 1.82) is 0 Å². The van der Waals surface area contributed by atoms with Gasteiger partial charge in [0.25, 0.3) is 0 Å². The first-order chi connectivity index (χ1) is 9.69. The number of likely N-dealkylation sites (N-methyl/N-ethyl adjacent to an activating group) is 1. The van der Waals surface area contributed by atoms with Gasteiger partial charge in [0.15, 0.2) is 0 Å². The SMILES string of the molecule is CCN1CCN(C(C)CNC(=O)CC2CCCN2)CC1.Cl.Cl.Cl. The number of piperazine rings is 1. The van der Waals surface area contributed by atoms with E-state index in [0.29, 0.717) is 18.5 Å². The second-order valence-corrected chi connectivity index (χ2v) is 6.12. The largest absolute Gasteiger partial charge is 0.354 e. The van der Waals surface area contributed by atoms with Crippen molar-refractivity contribution in [3.8, 4) is 0 Å². The number of amides is 1. The molecule has 8 heteroatoms. The summed E-state index contributed by atoms with van der Waals surface area (Å²) < 4.78 is 0. The summed E-state index contributed by atoms with van der Waals surface area (Å²) in [5.41, 5.74) is 0. The third kappa shape index (κ3) is 8.75. The molecule has 0 aromatic carbocycles. The van der Waals surface area contributed by atoms with Crippen LogP contribution in [0.3, 0.4) is 0 Å². The van der Waals surface area contributed by atoms with E-state index in [2.05, 4.69) is 34.3 Å². The first-order valence-corrected chi connectivity index (χ1v) is 8.15. The smallest absolute Gasteiger partial charge is 0.221 e. The molecule has 0 aromatic heterocycles. The number of carbonyl (C=O) groups excluding carboxylic acids is 1. The Bertz CT molecular complexity index is 309. The monoisotopic (exact) mass is 390 g/mol. The average Bonchev–Trinajstić information content (AvgIpc) is 2.97. The van der Waals surface area contributed by atoms with Crippen LogP contribution in [0.1, 0.15) is 33.1 Å². The van der Waals surface area contributed by atoms with Crippen LogP contribution in [0.2, 0.25) is 0 Å². The maximum Gasteiger partial charge on any atom is 0.221 e. The molecule has 2 aliphatic rings. The van der Waals surface area contributed by atoms with Crippen LogP contribution in [0.5, 0.6) is 0 Å². The predicted molar refractivity (Wildman–Crippen MR) is 104 cm³/mol. The molecule has 0 spiro atoms. The highest BCUT2D eigenvalue weighted by molar-refractivity contribution is 5.86. The van der Waals surface area contributed by atoms with Gasteiger partial charge in [-0.1, -0.05) is 6.92 Å². The molecule has 2 aliphatic heterocycles. The van der Waals surface area contributed by atoms with Crippen LogP contribution < -0.4 is 10.6 Å². The van der Waals surface area contributed by atoms with Gasteiger partial charge in [-0.15, -0.1) is 37.2 Å². The van der Waals surface area contributed by atoms with Gasteiger partial charge in [0.05, 0.1) is 0 Å². The van der Waals surface area contributed by atoms with Gasteiger partial charge < -0.3 is 15.5 Å². The van der Waals surface area contributed by atoms with Gasteiger partial charge in [-0.2, -0.15) is 0 Å². The van der Waals surface area contributed by atoms with Gasteiger partial charge in [-0.25, -0.2) is 0 Å². The van der Waals surface area contributed by atoms with Crippen LogP contribution in [0.4, 0.5) is 0 Å². The first kappa shape index (κ1) is 25.5. The fourth-order valence-corrected chi connectivity index (χ4v) is 3.14. The number of halogens is 3. The lowest BCUT2D eigenvalue weighted by Gasteiger charge is -2.37. The number of hydrogen-bond acceptors (Lipinski definition) is 4.